The molecule has 1 aromatic rings. The Bertz CT molecular complexity index is 516. The Hall–Kier alpha value is -1.39. The highest BCUT2D eigenvalue weighted by Crippen LogP contribution is 2.11. The lowest BCUT2D eigenvalue weighted by Crippen LogP contribution is -2.31. The van der Waals surface area contributed by atoms with Crippen LogP contribution in [0.5, 0.6) is 0 Å². The minimum absolute atomic E-state index is 0.133. The Balaban J connectivity index is 0.000000561. The first-order valence-electron chi connectivity index (χ1n) is 7.22. The zero-order valence-electron chi connectivity index (χ0n) is 13.7. The van der Waals surface area contributed by atoms with Crippen LogP contribution in [-0.4, -0.2) is 26.3 Å². The maximum absolute atomic E-state index is 12.2. The number of aliphatic carboxylic acids is 1. The molecular formula is C14H23BrFN5O2S. The molecule has 0 saturated carbocycles. The van der Waals surface area contributed by atoms with Gasteiger partial charge in [0.15, 0.2) is 18.2 Å². The summed E-state index contributed by atoms with van der Waals surface area (Å²) in [6.45, 7) is 4.03. The van der Waals surface area contributed by atoms with Crippen molar-refractivity contribution >= 4 is 40.1 Å². The van der Waals surface area contributed by atoms with E-state index in [4.69, 9.17) is 16.8 Å². The van der Waals surface area contributed by atoms with Crippen LogP contribution in [0.25, 0.3) is 0 Å². The molecule has 1 rings (SSSR count). The highest BCUT2D eigenvalue weighted by Gasteiger charge is 2.08. The Kier molecular flexibility index (Phi) is 12.2. The molecule has 0 radical (unpaired) electrons. The normalized spacial score (nSPS) is 11.0. The Morgan fingerprint density at radius 1 is 1.50 bits per heavy atom. The van der Waals surface area contributed by atoms with E-state index in [9.17, 15) is 8.68 Å². The molecule has 24 heavy (non-hydrogen) atoms. The fraction of sp³-hybridized carbons (Fsp3) is 0.500. The fourth-order valence-electron chi connectivity index (χ4n) is 1.48. The molecule has 7 nitrogen and oxygen atoms in total. The van der Waals surface area contributed by atoms with Crippen LogP contribution in [0.1, 0.15) is 38.8 Å². The van der Waals surface area contributed by atoms with Crippen LogP contribution in [0.3, 0.4) is 0 Å². The predicted molar refractivity (Wildman–Crippen MR) is 98.3 cm³/mol. The molecule has 0 fully saturated rings. The van der Waals surface area contributed by atoms with Crippen LogP contribution in [0.4, 0.5) is 3.89 Å². The molecular weight excluding hydrogens is 401 g/mol. The van der Waals surface area contributed by atoms with Crippen molar-refractivity contribution in [2.75, 3.05) is 0 Å². The molecule has 10 heteroatoms. The molecule has 0 unspecified atom stereocenters. The minimum atomic E-state index is -0.696. The first-order chi connectivity index (χ1) is 11.3. The van der Waals surface area contributed by atoms with Crippen molar-refractivity contribution in [3.63, 3.8) is 0 Å². The first kappa shape index (κ1) is 22.6. The van der Waals surface area contributed by atoms with Gasteiger partial charge < -0.3 is 10.9 Å². The predicted octanol–water partition coefficient (Wildman–Crippen LogP) is 3.26. The summed E-state index contributed by atoms with van der Waals surface area (Å²) in [6.07, 6.45) is 3.81. The van der Waals surface area contributed by atoms with Gasteiger partial charge in [0.25, 0.3) is 0 Å². The summed E-state index contributed by atoms with van der Waals surface area (Å²) in [6, 6.07) is 3.74. The third kappa shape index (κ3) is 11.2. The van der Waals surface area contributed by atoms with Gasteiger partial charge in [-0.25, -0.2) is 10.3 Å². The van der Waals surface area contributed by atoms with E-state index in [0.29, 0.717) is 25.2 Å². The van der Waals surface area contributed by atoms with Crippen molar-refractivity contribution in [1.29, 1.82) is 0 Å². The SMILES string of the molecule is CC(C)CCC(=O)O.N/N=C(/CCc1ccc(Br)cn1)N(N)SF. The number of hydrogen-bond acceptors (Lipinski definition) is 6. The van der Waals surface area contributed by atoms with Crippen LogP contribution < -0.4 is 11.7 Å². The summed E-state index contributed by atoms with van der Waals surface area (Å²) in [5.74, 6) is 10.5. The van der Waals surface area contributed by atoms with Gasteiger partial charge in [-0.15, -0.1) is 3.89 Å². The monoisotopic (exact) mass is 423 g/mol. The number of nitrogens with two attached hydrogens (primary N) is 2. The highest BCUT2D eigenvalue weighted by atomic mass is 79.9. The molecule has 0 bridgehead atoms. The van der Waals surface area contributed by atoms with Gasteiger partial charge in [-0.1, -0.05) is 13.8 Å². The number of hydrogen-bond donors (Lipinski definition) is 3. The Labute approximate surface area is 154 Å². The summed E-state index contributed by atoms with van der Waals surface area (Å²) < 4.78 is 13.9. The maximum atomic E-state index is 12.2. The van der Waals surface area contributed by atoms with Crippen molar-refractivity contribution in [1.82, 2.24) is 9.40 Å². The molecule has 5 N–H and O–H groups in total. The van der Waals surface area contributed by atoms with E-state index in [0.717, 1.165) is 21.0 Å². The van der Waals surface area contributed by atoms with Gasteiger partial charge in [0, 0.05) is 29.2 Å². The summed E-state index contributed by atoms with van der Waals surface area (Å²) in [4.78, 5) is 14.1. The van der Waals surface area contributed by atoms with E-state index in [1.54, 1.807) is 6.20 Å². The van der Waals surface area contributed by atoms with Crippen molar-refractivity contribution in [3.05, 3.63) is 28.5 Å². The van der Waals surface area contributed by atoms with Crippen LogP contribution in [0.2, 0.25) is 0 Å². The van der Waals surface area contributed by atoms with Gasteiger partial charge in [0.05, 0.1) is 0 Å². The van der Waals surface area contributed by atoms with Crippen LogP contribution in [-0.2, 0) is 11.2 Å². The number of aromatic nitrogens is 1. The van der Waals surface area contributed by atoms with Crippen LogP contribution >= 0.6 is 28.3 Å². The molecule has 0 aliphatic carbocycles. The van der Waals surface area contributed by atoms with Gasteiger partial charge in [0.1, 0.15) is 0 Å². The summed E-state index contributed by atoms with van der Waals surface area (Å²) >= 11 is 3.15. The number of carboxylic acids is 1. The second-order valence-electron chi connectivity index (χ2n) is 5.23. The number of amidine groups is 1. The summed E-state index contributed by atoms with van der Waals surface area (Å²) in [5.41, 5.74) is 0.863. The lowest BCUT2D eigenvalue weighted by Gasteiger charge is -2.12. The number of halogens is 2. The highest BCUT2D eigenvalue weighted by molar-refractivity contribution is 9.10. The van der Waals surface area contributed by atoms with Crippen LogP contribution in [0, 0.1) is 5.92 Å². The third-order valence-electron chi connectivity index (χ3n) is 2.81. The number of pyridine rings is 1. The van der Waals surface area contributed by atoms with Crippen LogP contribution in [0.15, 0.2) is 27.9 Å². The average molecular weight is 424 g/mol. The molecule has 0 aliphatic rings. The largest absolute Gasteiger partial charge is 0.481 e. The number of hydrazine groups is 1. The topological polar surface area (TPSA) is 118 Å². The van der Waals surface area contributed by atoms with Gasteiger partial charge in [-0.05, 0) is 46.8 Å². The molecule has 0 amide bonds. The van der Waals surface area contributed by atoms with Gasteiger partial charge >= 0.3 is 5.97 Å². The van der Waals surface area contributed by atoms with Gasteiger partial charge in [-0.2, -0.15) is 5.10 Å². The molecule has 0 saturated heterocycles. The minimum Gasteiger partial charge on any atom is -0.481 e. The van der Waals surface area contributed by atoms with E-state index in [2.05, 4.69) is 26.0 Å². The third-order valence-corrected chi connectivity index (χ3v) is 3.64. The summed E-state index contributed by atoms with van der Waals surface area (Å²) in [7, 11) is 0. The lowest BCUT2D eigenvalue weighted by molar-refractivity contribution is -0.137. The molecule has 0 aromatic carbocycles. The van der Waals surface area contributed by atoms with E-state index < -0.39 is 5.97 Å². The van der Waals surface area contributed by atoms with E-state index >= 15 is 0 Å². The lowest BCUT2D eigenvalue weighted by atomic mass is 10.1. The number of hydrazone groups is 1. The number of carbonyl (C=O) groups is 1. The number of nitrogens with zero attached hydrogens (tertiary/aromatic N) is 3. The van der Waals surface area contributed by atoms with Gasteiger partial charge in [0.2, 0.25) is 0 Å². The molecule has 0 aliphatic heterocycles. The smallest absolute Gasteiger partial charge is 0.303 e. The summed E-state index contributed by atoms with van der Waals surface area (Å²) in [5, 5.41) is 11.6. The Morgan fingerprint density at radius 2 is 2.17 bits per heavy atom. The molecule has 0 atom stereocenters. The molecule has 136 valence electrons. The van der Waals surface area contributed by atoms with Crippen molar-refractivity contribution in [3.8, 4) is 0 Å². The van der Waals surface area contributed by atoms with Gasteiger partial charge in [-0.3, -0.25) is 9.78 Å². The van der Waals surface area contributed by atoms with E-state index in [1.807, 2.05) is 26.0 Å². The van der Waals surface area contributed by atoms with E-state index in [-0.39, 0.29) is 18.2 Å². The standard InChI is InChI=1S/C8H11BrFN5S.C6H12O2/c9-6-1-2-7(13-5-6)3-4-8(14-11)15(12)16-10;1-5(2)3-4-6(7)8/h1-2,5H,3-4,11-12H2;5H,3-4H2,1-2H3,(H,7,8)/b14-8-;. The number of rotatable bonds is 7. The first-order valence-corrected chi connectivity index (χ1v) is 8.69. The Morgan fingerprint density at radius 3 is 2.54 bits per heavy atom. The molecule has 1 heterocycles. The molecule has 1 aromatic heterocycles. The number of aryl methyl sites for hydroxylation is 1. The number of carboxylic acid groups (broad SMARTS) is 1. The second kappa shape index (κ2) is 13.0. The van der Waals surface area contributed by atoms with E-state index in [1.165, 1.54) is 0 Å². The fourth-order valence-corrected chi connectivity index (χ4v) is 1.93. The zero-order chi connectivity index (χ0) is 18.5. The zero-order valence-corrected chi connectivity index (χ0v) is 16.1. The van der Waals surface area contributed by atoms with Crippen molar-refractivity contribution in [2.24, 2.45) is 22.7 Å². The quantitative estimate of drug-likeness (QED) is 0.202. The second-order valence-corrected chi connectivity index (χ2v) is 6.68. The maximum Gasteiger partial charge on any atom is 0.303 e. The van der Waals surface area contributed by atoms with Crippen molar-refractivity contribution < 1.29 is 13.8 Å². The van der Waals surface area contributed by atoms with Crippen molar-refractivity contribution in [2.45, 2.75) is 39.5 Å². The average Bonchev–Trinajstić information content (AvgIpc) is 2.55. The molecule has 0 spiro atoms.